The normalized spacial score (nSPS) is 27.3. The Morgan fingerprint density at radius 2 is 2.45 bits per heavy atom. The number of aliphatic hydroxyl groups excluding tert-OH is 1. The summed E-state index contributed by atoms with van der Waals surface area (Å²) in [6, 6.07) is 0.687. The molecule has 11 heavy (non-hydrogen) atoms. The molecule has 1 aliphatic rings. The molecule has 2 atom stereocenters. The number of rotatable bonds is 4. The van der Waals surface area contributed by atoms with Crippen molar-refractivity contribution in [3.8, 4) is 0 Å². The zero-order valence-electron chi connectivity index (χ0n) is 7.34. The predicted octanol–water partition coefficient (Wildman–Crippen LogP) is 1.15. The molecule has 0 saturated carbocycles. The van der Waals surface area contributed by atoms with Crippen molar-refractivity contribution in [1.82, 2.24) is 5.32 Å². The molecule has 0 aromatic rings. The molecule has 1 aliphatic heterocycles. The minimum absolute atomic E-state index is 0.344. The smallest absolute Gasteiger partial charge is 0.0434 e. The van der Waals surface area contributed by atoms with E-state index in [9.17, 15) is 0 Å². The van der Waals surface area contributed by atoms with Crippen LogP contribution in [0.1, 0.15) is 32.6 Å². The molecule has 0 aliphatic carbocycles. The lowest BCUT2D eigenvalue weighted by Gasteiger charge is -2.20. The number of nitrogens with one attached hydrogen (secondary N) is 1. The highest BCUT2D eigenvalue weighted by atomic mass is 16.3. The molecule has 0 radical (unpaired) electrons. The van der Waals surface area contributed by atoms with E-state index in [1.807, 2.05) is 0 Å². The van der Waals surface area contributed by atoms with Gasteiger partial charge in [-0.05, 0) is 31.7 Å². The van der Waals surface area contributed by atoms with Crippen LogP contribution < -0.4 is 5.32 Å². The molecule has 2 heteroatoms. The second-order valence-electron chi connectivity index (χ2n) is 3.38. The van der Waals surface area contributed by atoms with Gasteiger partial charge in [0, 0.05) is 12.6 Å². The maximum absolute atomic E-state index is 8.80. The van der Waals surface area contributed by atoms with Gasteiger partial charge in [0.25, 0.3) is 0 Å². The molecule has 0 aromatic carbocycles. The van der Waals surface area contributed by atoms with Crippen LogP contribution in [0.15, 0.2) is 0 Å². The summed E-state index contributed by atoms with van der Waals surface area (Å²) in [4.78, 5) is 0. The molecule has 1 heterocycles. The fourth-order valence-electron chi connectivity index (χ4n) is 1.97. The molecule has 0 spiro atoms. The first-order chi connectivity index (χ1) is 5.38. The average molecular weight is 157 g/mol. The molecule has 2 N–H and O–H groups in total. The van der Waals surface area contributed by atoms with Crippen molar-refractivity contribution < 1.29 is 5.11 Å². The van der Waals surface area contributed by atoms with E-state index in [0.29, 0.717) is 18.6 Å². The van der Waals surface area contributed by atoms with E-state index in [-0.39, 0.29) is 0 Å². The first kappa shape index (κ1) is 9.01. The molecule has 66 valence electrons. The number of aliphatic hydroxyl groups is 1. The zero-order chi connectivity index (χ0) is 8.10. The number of hydrogen-bond acceptors (Lipinski definition) is 2. The highest BCUT2D eigenvalue weighted by molar-refractivity contribution is 4.80. The van der Waals surface area contributed by atoms with E-state index in [4.69, 9.17) is 5.11 Å². The van der Waals surface area contributed by atoms with Gasteiger partial charge in [-0.1, -0.05) is 13.3 Å². The lowest BCUT2D eigenvalue weighted by atomic mass is 9.93. The van der Waals surface area contributed by atoms with Crippen LogP contribution in [0.25, 0.3) is 0 Å². The van der Waals surface area contributed by atoms with Crippen molar-refractivity contribution in [1.29, 1.82) is 0 Å². The molecule has 2 nitrogen and oxygen atoms in total. The molecular formula is C9H19NO. The Balaban J connectivity index is 2.27. The molecule has 0 bridgehead atoms. The Hall–Kier alpha value is -0.0800. The Kier molecular flexibility index (Phi) is 3.87. The largest absolute Gasteiger partial charge is 0.396 e. The lowest BCUT2D eigenvalue weighted by Crippen LogP contribution is -2.30. The van der Waals surface area contributed by atoms with E-state index in [1.165, 1.54) is 25.8 Å². The van der Waals surface area contributed by atoms with Gasteiger partial charge in [0.1, 0.15) is 0 Å². The topological polar surface area (TPSA) is 32.3 Å². The molecule has 2 unspecified atom stereocenters. The maximum atomic E-state index is 8.80. The van der Waals surface area contributed by atoms with Gasteiger partial charge in [0.05, 0.1) is 0 Å². The summed E-state index contributed by atoms with van der Waals surface area (Å²) >= 11 is 0. The Labute approximate surface area is 69.0 Å². The van der Waals surface area contributed by atoms with E-state index in [0.717, 1.165) is 6.42 Å². The van der Waals surface area contributed by atoms with E-state index >= 15 is 0 Å². The third-order valence-electron chi connectivity index (χ3n) is 2.69. The monoisotopic (exact) mass is 157 g/mol. The minimum atomic E-state index is 0.344. The quantitative estimate of drug-likeness (QED) is 0.641. The maximum Gasteiger partial charge on any atom is 0.0434 e. The Morgan fingerprint density at radius 1 is 1.64 bits per heavy atom. The van der Waals surface area contributed by atoms with Crippen molar-refractivity contribution >= 4 is 0 Å². The third kappa shape index (κ3) is 2.46. The summed E-state index contributed by atoms with van der Waals surface area (Å²) in [7, 11) is 0. The third-order valence-corrected chi connectivity index (χ3v) is 2.69. The highest BCUT2D eigenvalue weighted by Gasteiger charge is 2.22. The molecule has 1 fully saturated rings. The SMILES string of the molecule is CCC(CCO)C1CCCN1. The van der Waals surface area contributed by atoms with E-state index < -0.39 is 0 Å². The first-order valence-electron chi connectivity index (χ1n) is 4.72. The van der Waals surface area contributed by atoms with Crippen molar-refractivity contribution in [3.05, 3.63) is 0 Å². The standard InChI is InChI=1S/C9H19NO/c1-2-8(5-7-11)9-4-3-6-10-9/h8-11H,2-7H2,1H3. The molecule has 1 rings (SSSR count). The summed E-state index contributed by atoms with van der Waals surface area (Å²) in [6.07, 6.45) is 4.78. The lowest BCUT2D eigenvalue weighted by molar-refractivity contribution is 0.232. The van der Waals surface area contributed by atoms with Crippen LogP contribution >= 0.6 is 0 Å². The minimum Gasteiger partial charge on any atom is -0.396 e. The van der Waals surface area contributed by atoms with Gasteiger partial charge < -0.3 is 10.4 Å². The van der Waals surface area contributed by atoms with Gasteiger partial charge in [-0.25, -0.2) is 0 Å². The van der Waals surface area contributed by atoms with Gasteiger partial charge in [-0.3, -0.25) is 0 Å². The van der Waals surface area contributed by atoms with Crippen molar-refractivity contribution in [2.24, 2.45) is 5.92 Å². The van der Waals surface area contributed by atoms with Crippen molar-refractivity contribution in [2.75, 3.05) is 13.2 Å². The summed E-state index contributed by atoms with van der Waals surface area (Å²) in [5.41, 5.74) is 0. The van der Waals surface area contributed by atoms with Gasteiger partial charge in [0.15, 0.2) is 0 Å². The van der Waals surface area contributed by atoms with Crippen LogP contribution in [0.2, 0.25) is 0 Å². The van der Waals surface area contributed by atoms with Crippen LogP contribution in [0.3, 0.4) is 0 Å². The Bertz CT molecular complexity index is 99.7. The molecule has 0 aromatic heterocycles. The highest BCUT2D eigenvalue weighted by Crippen LogP contribution is 2.20. The predicted molar refractivity (Wildman–Crippen MR) is 46.5 cm³/mol. The zero-order valence-corrected chi connectivity index (χ0v) is 7.34. The van der Waals surface area contributed by atoms with Gasteiger partial charge in [-0.2, -0.15) is 0 Å². The van der Waals surface area contributed by atoms with Crippen LogP contribution in [-0.2, 0) is 0 Å². The van der Waals surface area contributed by atoms with Crippen molar-refractivity contribution in [3.63, 3.8) is 0 Å². The van der Waals surface area contributed by atoms with E-state index in [2.05, 4.69) is 12.2 Å². The average Bonchev–Trinajstić information content (AvgIpc) is 2.52. The van der Waals surface area contributed by atoms with Crippen molar-refractivity contribution in [2.45, 2.75) is 38.6 Å². The summed E-state index contributed by atoms with van der Waals surface area (Å²) < 4.78 is 0. The molecular weight excluding hydrogens is 138 g/mol. The van der Waals surface area contributed by atoms with Gasteiger partial charge in [0.2, 0.25) is 0 Å². The summed E-state index contributed by atoms with van der Waals surface area (Å²) in [5.74, 6) is 0.697. The first-order valence-corrected chi connectivity index (χ1v) is 4.72. The van der Waals surface area contributed by atoms with Crippen LogP contribution in [0, 0.1) is 5.92 Å². The second kappa shape index (κ2) is 4.73. The van der Waals surface area contributed by atoms with Crippen LogP contribution in [0.5, 0.6) is 0 Å². The van der Waals surface area contributed by atoms with Crippen LogP contribution in [-0.4, -0.2) is 24.3 Å². The number of hydrogen-bond donors (Lipinski definition) is 2. The fourth-order valence-corrected chi connectivity index (χ4v) is 1.97. The molecule has 0 amide bonds. The Morgan fingerprint density at radius 3 is 2.91 bits per heavy atom. The second-order valence-corrected chi connectivity index (χ2v) is 3.38. The fraction of sp³-hybridized carbons (Fsp3) is 1.00. The van der Waals surface area contributed by atoms with Gasteiger partial charge in [-0.15, -0.1) is 0 Å². The summed E-state index contributed by atoms with van der Waals surface area (Å²) in [5, 5.41) is 12.3. The molecule has 1 saturated heterocycles. The summed E-state index contributed by atoms with van der Waals surface area (Å²) in [6.45, 7) is 3.73. The van der Waals surface area contributed by atoms with E-state index in [1.54, 1.807) is 0 Å². The van der Waals surface area contributed by atoms with Crippen LogP contribution in [0.4, 0.5) is 0 Å². The van der Waals surface area contributed by atoms with Gasteiger partial charge >= 0.3 is 0 Å².